The number of nitrogens with zero attached hydrogens (tertiary/aromatic N) is 6. The smallest absolute Gasteiger partial charge is 0.475 e. The molecule has 24 nitrogen and oxygen atoms in total. The number of aromatic amines is 1. The number of methoxy groups -OCH3 is 2. The van der Waals surface area contributed by atoms with Gasteiger partial charge in [0.1, 0.15) is 60.8 Å². The van der Waals surface area contributed by atoms with Crippen LogP contribution in [0, 0.1) is 18.3 Å². The van der Waals surface area contributed by atoms with Crippen LogP contribution >= 0.6 is 7.82 Å². The number of aliphatic hydroxyl groups excluding tert-OH is 1. The first-order valence-electron chi connectivity index (χ1n) is 29.7. The van der Waals surface area contributed by atoms with Crippen LogP contribution in [0.5, 0.6) is 11.5 Å². The molecule has 25 heteroatoms. The van der Waals surface area contributed by atoms with E-state index in [1.807, 2.05) is 109 Å². The van der Waals surface area contributed by atoms with Gasteiger partial charge in [-0.25, -0.2) is 29.1 Å². The van der Waals surface area contributed by atoms with Crippen LogP contribution in [0.25, 0.3) is 22.3 Å². The third-order valence-corrected chi connectivity index (χ3v) is 18.0. The Morgan fingerprint density at radius 1 is 0.750 bits per heavy atom. The first-order chi connectivity index (χ1) is 44.7. The number of carbonyl (C=O) groups excluding carboxylic acids is 2. The van der Waals surface area contributed by atoms with Crippen LogP contribution in [0.15, 0.2) is 180 Å². The number of ether oxygens (including phenoxy) is 6. The molecule has 0 radical (unpaired) electrons. The van der Waals surface area contributed by atoms with Gasteiger partial charge >= 0.3 is 19.6 Å². The van der Waals surface area contributed by atoms with Crippen molar-refractivity contribution < 1.29 is 61.3 Å². The van der Waals surface area contributed by atoms with Gasteiger partial charge in [-0.05, 0) is 87.8 Å². The highest BCUT2D eigenvalue weighted by Gasteiger charge is 2.47. The molecular formula is C67H64N9O15P. The van der Waals surface area contributed by atoms with E-state index in [1.165, 1.54) is 30.3 Å². The molecule has 2 fully saturated rings. The van der Waals surface area contributed by atoms with Gasteiger partial charge in [0.15, 0.2) is 17.0 Å². The standard InChI is InChI=1S/C67H64N9O15P/c1-41-35-75(65(80)74-63(41)78)59-33-55(57(90-59)37-86-67(44-12-5-4-6-13-44,45-22-26-47(83-2)27-23-45)46-24-28-48(84-3)29-25-46)91-92(82,87-31-11-30-68)88-38-56-54(77)32-58(89-56)76-40-72-60-61(70-39-71-62(60)76)73-64(79)43-20-18-42(19-21-43)34-69-66(81)85-36-53-51-16-9-7-14-49(51)50-15-8-10-17-52(50)53/h4-10,12-29,35,39-40,53-59,77H,11,31-34,36-38H2,1-3H3,(H,69,81)(H,74,78,80)(H,70,71,73,79)/t54?,55?,56-,57-,58?,59?,92?/m1/s1. The lowest BCUT2D eigenvalue weighted by molar-refractivity contribution is -0.0960. The lowest BCUT2D eigenvalue weighted by Crippen LogP contribution is -2.38. The number of hydrogen-bond acceptors (Lipinski definition) is 19. The van der Waals surface area contributed by atoms with Crippen LogP contribution in [-0.2, 0) is 49.2 Å². The largest absolute Gasteiger partial charge is 0.497 e. The number of benzene rings is 6. The summed E-state index contributed by atoms with van der Waals surface area (Å²) >= 11 is 0. The van der Waals surface area contributed by atoms with Gasteiger partial charge in [0.05, 0.1) is 59.0 Å². The highest BCUT2D eigenvalue weighted by Crippen LogP contribution is 2.54. The van der Waals surface area contributed by atoms with Crippen LogP contribution < -0.4 is 31.4 Å². The van der Waals surface area contributed by atoms with E-state index in [9.17, 15) is 29.5 Å². The highest BCUT2D eigenvalue weighted by molar-refractivity contribution is 7.48. The minimum Gasteiger partial charge on any atom is -0.497 e. The summed E-state index contributed by atoms with van der Waals surface area (Å²) in [5.74, 6) is 0.724. The molecule has 1 aliphatic carbocycles. The fourth-order valence-electron chi connectivity index (χ4n) is 11.8. The number of nitrogens with one attached hydrogen (secondary N) is 3. The first kappa shape index (κ1) is 62.5. The van der Waals surface area contributed by atoms with Crippen molar-refractivity contribution in [3.05, 3.63) is 236 Å². The molecule has 2 aliphatic heterocycles. The first-order valence-corrected chi connectivity index (χ1v) is 31.1. The number of aliphatic hydroxyl groups is 1. The summed E-state index contributed by atoms with van der Waals surface area (Å²) in [6.07, 6.45) is -3.59. The lowest BCUT2D eigenvalue weighted by atomic mass is 9.80. The molecule has 2 amide bonds. The second-order valence-electron chi connectivity index (χ2n) is 22.1. The quantitative estimate of drug-likeness (QED) is 0.0249. The Kier molecular flexibility index (Phi) is 18.6. The number of anilines is 1. The van der Waals surface area contributed by atoms with Crippen molar-refractivity contribution >= 4 is 36.8 Å². The van der Waals surface area contributed by atoms with Crippen LogP contribution in [0.4, 0.5) is 10.6 Å². The number of alkyl carbamates (subject to hydrolysis) is 1. The molecule has 7 atom stereocenters. The highest BCUT2D eigenvalue weighted by atomic mass is 31.2. The molecule has 4 N–H and O–H groups in total. The van der Waals surface area contributed by atoms with Crippen LogP contribution in [0.1, 0.15) is 86.9 Å². The molecule has 3 aromatic heterocycles. The minimum absolute atomic E-state index is 0.00934. The van der Waals surface area contributed by atoms with Crippen LogP contribution in [0.3, 0.4) is 0 Å². The Bertz CT molecular complexity index is 4240. The van der Waals surface area contributed by atoms with Crippen molar-refractivity contribution in [2.24, 2.45) is 0 Å². The van der Waals surface area contributed by atoms with E-state index in [0.29, 0.717) is 28.2 Å². The fourth-order valence-corrected chi connectivity index (χ4v) is 13.2. The summed E-state index contributed by atoms with van der Waals surface area (Å²) in [6.45, 7) is 0.660. The topological polar surface area (TPSA) is 301 Å². The third kappa shape index (κ3) is 13.1. The number of amides is 2. The predicted octanol–water partition coefficient (Wildman–Crippen LogP) is 9.38. The maximum absolute atomic E-state index is 15.1. The number of aromatic nitrogens is 6. The predicted molar refractivity (Wildman–Crippen MR) is 334 cm³/mol. The van der Waals surface area contributed by atoms with Gasteiger partial charge in [0.25, 0.3) is 11.5 Å². The van der Waals surface area contributed by atoms with Gasteiger partial charge < -0.3 is 44.2 Å². The Hall–Kier alpha value is -9.67. The van der Waals surface area contributed by atoms with E-state index in [0.717, 1.165) is 33.4 Å². The lowest BCUT2D eigenvalue weighted by Gasteiger charge is -2.37. The number of phosphoric acid groups is 1. The molecule has 9 aromatic rings. The Labute approximate surface area is 527 Å². The molecule has 6 aromatic carbocycles. The van der Waals surface area contributed by atoms with Gasteiger partial charge in [-0.1, -0.05) is 115 Å². The monoisotopic (exact) mass is 1270 g/mol. The minimum atomic E-state index is -4.77. The molecule has 0 bridgehead atoms. The number of phosphoric ester groups is 1. The second-order valence-corrected chi connectivity index (χ2v) is 23.7. The van der Waals surface area contributed by atoms with E-state index < -0.39 is 80.2 Å². The molecular weight excluding hydrogens is 1200 g/mol. The summed E-state index contributed by atoms with van der Waals surface area (Å²) in [6, 6.07) is 49.1. The number of H-pyrrole nitrogens is 1. The molecule has 5 heterocycles. The van der Waals surface area contributed by atoms with E-state index in [1.54, 1.807) is 43.1 Å². The maximum Gasteiger partial charge on any atom is 0.475 e. The maximum atomic E-state index is 15.1. The Balaban J connectivity index is 0.722. The molecule has 0 saturated carbocycles. The van der Waals surface area contributed by atoms with Crippen molar-refractivity contribution in [1.82, 2.24) is 34.4 Å². The van der Waals surface area contributed by atoms with Gasteiger partial charge in [-0.3, -0.25) is 37.3 Å². The van der Waals surface area contributed by atoms with Gasteiger partial charge in [0.2, 0.25) is 0 Å². The molecule has 472 valence electrons. The zero-order valence-electron chi connectivity index (χ0n) is 50.2. The molecule has 3 aliphatic rings. The number of fused-ring (bicyclic) bond motifs is 4. The number of hydrogen-bond donors (Lipinski definition) is 4. The summed E-state index contributed by atoms with van der Waals surface area (Å²) in [5.41, 5.74) is 5.60. The average Bonchev–Trinajstić information content (AvgIpc) is 0.972. The second kappa shape index (κ2) is 27.4. The molecule has 5 unspecified atom stereocenters. The number of rotatable bonds is 24. The summed E-state index contributed by atoms with van der Waals surface area (Å²) < 4.78 is 73.0. The Morgan fingerprint density at radius 2 is 1.38 bits per heavy atom. The number of nitriles is 1. The van der Waals surface area contributed by atoms with E-state index in [2.05, 4.69) is 54.8 Å². The normalized spacial score (nSPS) is 19.2. The van der Waals surface area contributed by atoms with E-state index in [4.69, 9.17) is 42.0 Å². The molecule has 92 heavy (non-hydrogen) atoms. The van der Waals surface area contributed by atoms with Gasteiger partial charge in [0, 0.05) is 42.6 Å². The number of carbonyl (C=O) groups is 2. The van der Waals surface area contributed by atoms with Crippen molar-refractivity contribution in [2.75, 3.05) is 46.0 Å². The van der Waals surface area contributed by atoms with Gasteiger partial charge in [-0.15, -0.1) is 0 Å². The summed E-state index contributed by atoms with van der Waals surface area (Å²) in [4.78, 5) is 68.1. The molecule has 2 saturated heterocycles. The van der Waals surface area contributed by atoms with Crippen molar-refractivity contribution in [2.45, 2.75) is 81.1 Å². The molecule has 0 spiro atoms. The fraction of sp³-hybridized carbons (Fsp3) is 0.284. The summed E-state index contributed by atoms with van der Waals surface area (Å²) in [7, 11) is -1.64. The summed E-state index contributed by atoms with van der Waals surface area (Å²) in [5, 5.41) is 26.7. The third-order valence-electron chi connectivity index (χ3n) is 16.5. The van der Waals surface area contributed by atoms with Crippen molar-refractivity contribution in [3.8, 4) is 28.7 Å². The zero-order chi connectivity index (χ0) is 63.9. The average molecular weight is 1270 g/mol. The van der Waals surface area contributed by atoms with E-state index in [-0.39, 0.29) is 74.1 Å². The zero-order valence-corrected chi connectivity index (χ0v) is 51.1. The van der Waals surface area contributed by atoms with Crippen molar-refractivity contribution in [3.63, 3.8) is 0 Å². The van der Waals surface area contributed by atoms with Gasteiger partial charge in [-0.2, -0.15) is 5.26 Å². The van der Waals surface area contributed by atoms with Crippen LogP contribution in [0.2, 0.25) is 0 Å². The number of aryl methyl sites for hydroxylation is 1. The SMILES string of the molecule is COc1ccc(C(OC[C@H]2OC(n3cc(C)c(=O)[nH]c3=O)CC2OP(=O)(OCCC#N)OC[C@H]2OC(n3cnc4c(NC(=O)c5ccc(CNC(=O)OCC6c7ccccc7-c7ccccc76)cc5)ncnc43)CC2O)(c2ccccc2)c2ccc(OC)cc2)cc1. The van der Waals surface area contributed by atoms with Crippen molar-refractivity contribution in [1.29, 1.82) is 5.26 Å². The van der Waals surface area contributed by atoms with Crippen LogP contribution in [-0.4, -0.2) is 111 Å². The van der Waals surface area contributed by atoms with E-state index >= 15 is 4.57 Å². The number of imidazole rings is 1. The molecule has 12 rings (SSSR count). The Morgan fingerprint density at radius 3 is 2.04 bits per heavy atom.